The molecule has 0 amide bonds. The molecule has 1 atom stereocenters. The molecule has 134 valence electrons. The Morgan fingerprint density at radius 2 is 1.92 bits per heavy atom. The van der Waals surface area contributed by atoms with Crippen molar-refractivity contribution in [3.8, 4) is 17.1 Å². The lowest BCUT2D eigenvalue weighted by Gasteiger charge is -2.08. The normalized spacial score (nSPS) is 13.0. The van der Waals surface area contributed by atoms with Crippen molar-refractivity contribution in [2.45, 2.75) is 26.3 Å². The number of aliphatic carboxylic acids is 1. The summed E-state index contributed by atoms with van der Waals surface area (Å²) in [7, 11) is 1.62. The molecule has 0 unspecified atom stereocenters. The second-order valence-electron chi connectivity index (χ2n) is 6.12. The van der Waals surface area contributed by atoms with E-state index in [1.54, 1.807) is 13.2 Å². The van der Waals surface area contributed by atoms with Gasteiger partial charge in [0.15, 0.2) is 0 Å². The molecule has 0 fully saturated rings. The molecule has 0 saturated carbocycles. The first-order valence-corrected chi connectivity index (χ1v) is 8.47. The maximum Gasteiger partial charge on any atom is 0.328 e. The van der Waals surface area contributed by atoms with Crippen LogP contribution >= 0.6 is 0 Å². The molecule has 0 aliphatic heterocycles. The fourth-order valence-corrected chi connectivity index (χ4v) is 2.78. The van der Waals surface area contributed by atoms with E-state index in [0.29, 0.717) is 23.1 Å². The van der Waals surface area contributed by atoms with Gasteiger partial charge in [0.1, 0.15) is 23.1 Å². The van der Waals surface area contributed by atoms with Crippen LogP contribution in [0.5, 0.6) is 5.75 Å². The third-order valence-corrected chi connectivity index (χ3v) is 4.24. The van der Waals surface area contributed by atoms with Gasteiger partial charge in [0.25, 0.3) is 0 Å². The summed E-state index contributed by atoms with van der Waals surface area (Å²) in [5.41, 5.74) is 2.60. The van der Waals surface area contributed by atoms with Crippen LogP contribution < -0.4 is 10.1 Å². The van der Waals surface area contributed by atoms with E-state index in [0.717, 1.165) is 22.3 Å². The predicted molar refractivity (Wildman–Crippen MR) is 100 cm³/mol. The van der Waals surface area contributed by atoms with Gasteiger partial charge in [-0.15, -0.1) is 0 Å². The lowest BCUT2D eigenvalue weighted by molar-refractivity contribution is -0.138. The van der Waals surface area contributed by atoms with Crippen LogP contribution in [0, 0.1) is 6.92 Å². The number of hydrogen-bond donors (Lipinski definition) is 1. The molecular weight excluding hydrogens is 330 g/mol. The number of fused-ring (bicyclic) bond motifs is 1. The van der Waals surface area contributed by atoms with Gasteiger partial charge in [-0.25, -0.2) is 4.79 Å². The highest BCUT2D eigenvalue weighted by atomic mass is 16.5. The Kier molecular flexibility index (Phi) is 5.07. The van der Waals surface area contributed by atoms with Crippen molar-refractivity contribution in [3.05, 3.63) is 59.5 Å². The molecule has 5 heteroatoms. The van der Waals surface area contributed by atoms with Gasteiger partial charge in [-0.3, -0.25) is 4.99 Å². The SMILES string of the molecule is CC[C@H](N=c1cc(-c2ccc(OC)cc2)oc2ccc(C)cc12)C(=O)O. The zero-order valence-corrected chi connectivity index (χ0v) is 15.0. The van der Waals surface area contributed by atoms with Gasteiger partial charge in [0.2, 0.25) is 0 Å². The molecule has 0 saturated heterocycles. The first-order valence-electron chi connectivity index (χ1n) is 8.47. The van der Waals surface area contributed by atoms with Crippen molar-refractivity contribution < 1.29 is 19.1 Å². The zero-order chi connectivity index (χ0) is 18.7. The van der Waals surface area contributed by atoms with Crippen molar-refractivity contribution >= 4 is 16.9 Å². The van der Waals surface area contributed by atoms with Gasteiger partial charge in [-0.1, -0.05) is 18.6 Å². The molecule has 5 nitrogen and oxygen atoms in total. The maximum absolute atomic E-state index is 11.4. The number of nitrogens with zero attached hydrogens (tertiary/aromatic N) is 1. The minimum absolute atomic E-state index is 0.423. The van der Waals surface area contributed by atoms with E-state index >= 15 is 0 Å². The van der Waals surface area contributed by atoms with Gasteiger partial charge in [0.05, 0.1) is 12.5 Å². The fourth-order valence-electron chi connectivity index (χ4n) is 2.78. The van der Waals surface area contributed by atoms with E-state index in [9.17, 15) is 9.90 Å². The first-order chi connectivity index (χ1) is 12.5. The molecule has 3 aromatic rings. The van der Waals surface area contributed by atoms with E-state index < -0.39 is 12.0 Å². The minimum atomic E-state index is -0.930. The minimum Gasteiger partial charge on any atom is -0.497 e. The largest absolute Gasteiger partial charge is 0.497 e. The number of carboxylic acids is 1. The third kappa shape index (κ3) is 3.61. The standard InChI is InChI=1S/C21H21NO4/c1-4-17(21(23)24)22-18-12-20(14-6-8-15(25-3)9-7-14)26-19-10-5-13(2)11-16(18)19/h5-12,17H,4H2,1-3H3,(H,23,24)/t17-/m0/s1. The highest BCUT2D eigenvalue weighted by Gasteiger charge is 2.14. The monoisotopic (exact) mass is 351 g/mol. The number of rotatable bonds is 5. The second-order valence-corrected chi connectivity index (χ2v) is 6.12. The molecule has 0 bridgehead atoms. The number of aryl methyl sites for hydroxylation is 1. The van der Waals surface area contributed by atoms with E-state index in [-0.39, 0.29) is 0 Å². The van der Waals surface area contributed by atoms with Crippen molar-refractivity contribution in [2.75, 3.05) is 7.11 Å². The van der Waals surface area contributed by atoms with Crippen LogP contribution in [0.2, 0.25) is 0 Å². The van der Waals surface area contributed by atoms with Crippen LogP contribution in [0.3, 0.4) is 0 Å². The Balaban J connectivity index is 2.24. The Morgan fingerprint density at radius 1 is 1.19 bits per heavy atom. The molecular formula is C21H21NO4. The molecule has 0 aliphatic carbocycles. The molecule has 1 N–H and O–H groups in total. The number of benzene rings is 2. The average Bonchev–Trinajstić information content (AvgIpc) is 2.65. The van der Waals surface area contributed by atoms with Crippen LogP contribution in [-0.4, -0.2) is 24.2 Å². The number of carboxylic acid groups (broad SMARTS) is 1. The number of hydrogen-bond acceptors (Lipinski definition) is 4. The van der Waals surface area contributed by atoms with Crippen molar-refractivity contribution in [1.82, 2.24) is 0 Å². The van der Waals surface area contributed by atoms with E-state index in [2.05, 4.69) is 4.99 Å². The Morgan fingerprint density at radius 3 is 2.54 bits per heavy atom. The number of carbonyl (C=O) groups is 1. The van der Waals surface area contributed by atoms with Crippen LogP contribution in [0.1, 0.15) is 18.9 Å². The first kappa shape index (κ1) is 17.7. The topological polar surface area (TPSA) is 72.0 Å². The van der Waals surface area contributed by atoms with Gasteiger partial charge in [-0.2, -0.15) is 0 Å². The average molecular weight is 351 g/mol. The van der Waals surface area contributed by atoms with Crippen LogP contribution in [0.25, 0.3) is 22.3 Å². The fraction of sp³-hybridized carbons (Fsp3) is 0.238. The Labute approximate surface area is 151 Å². The second kappa shape index (κ2) is 7.44. The summed E-state index contributed by atoms with van der Waals surface area (Å²) in [5.74, 6) is 0.454. The summed E-state index contributed by atoms with van der Waals surface area (Å²) in [6.45, 7) is 3.79. The molecule has 3 rings (SSSR count). The van der Waals surface area contributed by atoms with Crippen LogP contribution in [0.15, 0.2) is 57.9 Å². The molecule has 0 spiro atoms. The molecule has 2 aromatic carbocycles. The molecule has 0 radical (unpaired) electrons. The van der Waals surface area contributed by atoms with E-state index in [1.165, 1.54) is 0 Å². The van der Waals surface area contributed by atoms with E-state index in [4.69, 9.17) is 9.15 Å². The summed E-state index contributed by atoms with van der Waals surface area (Å²) >= 11 is 0. The van der Waals surface area contributed by atoms with Crippen LogP contribution in [0.4, 0.5) is 0 Å². The van der Waals surface area contributed by atoms with Gasteiger partial charge < -0.3 is 14.3 Å². The van der Waals surface area contributed by atoms with Gasteiger partial charge >= 0.3 is 5.97 Å². The lowest BCUT2D eigenvalue weighted by atomic mass is 10.1. The summed E-state index contributed by atoms with van der Waals surface area (Å²) in [6.07, 6.45) is 0.423. The van der Waals surface area contributed by atoms with Crippen molar-refractivity contribution in [2.24, 2.45) is 4.99 Å². The third-order valence-electron chi connectivity index (χ3n) is 4.24. The number of methoxy groups -OCH3 is 1. The Bertz CT molecular complexity index is 1000. The van der Waals surface area contributed by atoms with Gasteiger partial charge in [0, 0.05) is 17.0 Å². The van der Waals surface area contributed by atoms with E-state index in [1.807, 2.05) is 56.3 Å². The molecule has 0 aliphatic rings. The summed E-state index contributed by atoms with van der Waals surface area (Å²) < 4.78 is 11.2. The van der Waals surface area contributed by atoms with Crippen molar-refractivity contribution in [3.63, 3.8) is 0 Å². The zero-order valence-electron chi connectivity index (χ0n) is 15.0. The lowest BCUT2D eigenvalue weighted by Crippen LogP contribution is -2.20. The highest BCUT2D eigenvalue weighted by Crippen LogP contribution is 2.25. The van der Waals surface area contributed by atoms with Crippen molar-refractivity contribution in [1.29, 1.82) is 0 Å². The summed E-state index contributed by atoms with van der Waals surface area (Å²) in [5, 5.41) is 10.8. The summed E-state index contributed by atoms with van der Waals surface area (Å²) in [4.78, 5) is 15.9. The predicted octanol–water partition coefficient (Wildman–Crippen LogP) is 4.18. The molecule has 1 aromatic heterocycles. The molecule has 26 heavy (non-hydrogen) atoms. The highest BCUT2D eigenvalue weighted by molar-refractivity contribution is 5.80. The van der Waals surface area contributed by atoms with Crippen LogP contribution in [-0.2, 0) is 4.79 Å². The Hall–Kier alpha value is -3.08. The van der Waals surface area contributed by atoms with Gasteiger partial charge in [-0.05, 0) is 49.7 Å². The molecule has 1 heterocycles. The quantitative estimate of drug-likeness (QED) is 0.748. The maximum atomic E-state index is 11.4. The smallest absolute Gasteiger partial charge is 0.328 e. The number of ether oxygens (including phenoxy) is 1. The summed E-state index contributed by atoms with van der Waals surface area (Å²) in [6, 6.07) is 14.3.